The van der Waals surface area contributed by atoms with Crippen LogP contribution in [0, 0.1) is 0 Å². The molecule has 1 aliphatic heterocycles. The van der Waals surface area contributed by atoms with Gasteiger partial charge in [0, 0.05) is 17.1 Å². The summed E-state index contributed by atoms with van der Waals surface area (Å²) < 4.78 is 65.8. The average Bonchev–Trinajstić information content (AvgIpc) is 2.40. The van der Waals surface area contributed by atoms with Crippen molar-refractivity contribution in [2.24, 2.45) is 4.40 Å². The minimum Gasteiger partial charge on any atom is -0.349 e. The maximum atomic E-state index is 12.4. The summed E-state index contributed by atoms with van der Waals surface area (Å²) in [6.45, 7) is 0. The maximum absolute atomic E-state index is 12.4. The first-order chi connectivity index (χ1) is 9.68. The van der Waals surface area contributed by atoms with Crippen LogP contribution in [0.15, 0.2) is 44.2 Å². The lowest BCUT2D eigenvalue weighted by Crippen LogP contribution is -2.22. The number of nitrogens with zero attached hydrogens (tertiary/aromatic N) is 1. The topological polar surface area (TPSA) is 58.5 Å². The molecular formula is C12H10BrF3N2O2S. The SMILES string of the molecule is O=S(=O)(N=C1CCC(Br)=CN1)c1ccc(C(F)(F)F)cc1. The summed E-state index contributed by atoms with van der Waals surface area (Å²) in [5, 5.41) is 2.71. The molecule has 0 aliphatic carbocycles. The molecule has 0 amide bonds. The Morgan fingerprint density at radius 1 is 1.14 bits per heavy atom. The van der Waals surface area contributed by atoms with Crippen LogP contribution in [0.25, 0.3) is 0 Å². The molecule has 1 aliphatic rings. The largest absolute Gasteiger partial charge is 0.416 e. The van der Waals surface area contributed by atoms with Crippen LogP contribution in [0.5, 0.6) is 0 Å². The Hall–Kier alpha value is -1.35. The predicted molar refractivity (Wildman–Crippen MR) is 75.4 cm³/mol. The van der Waals surface area contributed by atoms with E-state index < -0.39 is 21.8 Å². The fraction of sp³-hybridized carbons (Fsp3) is 0.250. The molecule has 1 N–H and O–H groups in total. The Labute approximate surface area is 127 Å². The number of halogens is 4. The van der Waals surface area contributed by atoms with E-state index in [1.807, 2.05) is 0 Å². The van der Waals surface area contributed by atoms with Gasteiger partial charge in [0.1, 0.15) is 5.84 Å². The zero-order chi connectivity index (χ0) is 15.7. The lowest BCUT2D eigenvalue weighted by molar-refractivity contribution is -0.137. The van der Waals surface area contributed by atoms with Gasteiger partial charge in [-0.05, 0) is 30.7 Å². The van der Waals surface area contributed by atoms with E-state index in [1.54, 1.807) is 6.20 Å². The van der Waals surface area contributed by atoms with Gasteiger partial charge in [-0.25, -0.2) is 0 Å². The quantitative estimate of drug-likeness (QED) is 0.852. The highest BCUT2D eigenvalue weighted by atomic mass is 79.9. The molecule has 21 heavy (non-hydrogen) atoms. The molecule has 0 saturated heterocycles. The highest BCUT2D eigenvalue weighted by Gasteiger charge is 2.30. The Kier molecular flexibility index (Phi) is 4.43. The Morgan fingerprint density at radius 3 is 2.24 bits per heavy atom. The summed E-state index contributed by atoms with van der Waals surface area (Å²) in [4.78, 5) is -0.279. The number of hydrogen-bond donors (Lipinski definition) is 1. The van der Waals surface area contributed by atoms with E-state index in [9.17, 15) is 21.6 Å². The van der Waals surface area contributed by atoms with Crippen LogP contribution in [-0.4, -0.2) is 14.3 Å². The number of nitrogens with one attached hydrogen (secondary N) is 1. The normalized spacial score (nSPS) is 18.3. The molecule has 0 fully saturated rings. The van der Waals surface area contributed by atoms with E-state index in [2.05, 4.69) is 25.6 Å². The van der Waals surface area contributed by atoms with Gasteiger partial charge >= 0.3 is 6.18 Å². The molecule has 0 aromatic heterocycles. The first kappa shape index (κ1) is 16.0. The van der Waals surface area contributed by atoms with Gasteiger partial charge in [-0.2, -0.15) is 21.6 Å². The van der Waals surface area contributed by atoms with E-state index in [0.717, 1.165) is 28.7 Å². The van der Waals surface area contributed by atoms with E-state index in [4.69, 9.17) is 0 Å². The van der Waals surface area contributed by atoms with E-state index in [1.165, 1.54) is 0 Å². The van der Waals surface area contributed by atoms with Crippen molar-refractivity contribution in [1.82, 2.24) is 5.32 Å². The molecule has 0 bridgehead atoms. The van der Waals surface area contributed by atoms with Crippen LogP contribution in [0.4, 0.5) is 13.2 Å². The highest BCUT2D eigenvalue weighted by Crippen LogP contribution is 2.30. The maximum Gasteiger partial charge on any atom is 0.416 e. The van der Waals surface area contributed by atoms with Gasteiger partial charge in [-0.3, -0.25) is 0 Å². The van der Waals surface area contributed by atoms with E-state index in [0.29, 0.717) is 12.8 Å². The number of allylic oxidation sites excluding steroid dienone is 1. The Morgan fingerprint density at radius 2 is 1.76 bits per heavy atom. The smallest absolute Gasteiger partial charge is 0.349 e. The van der Waals surface area contributed by atoms with Crippen molar-refractivity contribution < 1.29 is 21.6 Å². The average molecular weight is 383 g/mol. The van der Waals surface area contributed by atoms with Crippen molar-refractivity contribution >= 4 is 31.8 Å². The van der Waals surface area contributed by atoms with Gasteiger partial charge in [0.2, 0.25) is 0 Å². The number of sulfonamides is 1. The lowest BCUT2D eigenvalue weighted by Gasteiger charge is -2.12. The minimum atomic E-state index is -4.50. The van der Waals surface area contributed by atoms with Crippen molar-refractivity contribution in [3.63, 3.8) is 0 Å². The standard InChI is InChI=1S/C12H10BrF3N2O2S/c13-9-3-6-11(17-7-9)18-21(19,20)10-4-1-8(2-5-10)12(14,15)16/h1-2,4-5,7H,3,6H2,(H,17,18). The zero-order valence-electron chi connectivity index (χ0n) is 10.5. The lowest BCUT2D eigenvalue weighted by atomic mass is 10.2. The molecule has 1 aromatic rings. The van der Waals surface area contributed by atoms with Crippen molar-refractivity contribution in [2.75, 3.05) is 0 Å². The molecule has 0 spiro atoms. The van der Waals surface area contributed by atoms with Crippen LogP contribution in [0.2, 0.25) is 0 Å². The van der Waals surface area contributed by atoms with Crippen LogP contribution in [0.1, 0.15) is 18.4 Å². The summed E-state index contributed by atoms with van der Waals surface area (Å²) in [7, 11) is -4.03. The molecule has 1 heterocycles. The first-order valence-corrected chi connectivity index (χ1v) is 8.04. The third-order valence-electron chi connectivity index (χ3n) is 2.71. The summed E-state index contributed by atoms with van der Waals surface area (Å²) in [6, 6.07) is 3.24. The summed E-state index contributed by atoms with van der Waals surface area (Å²) >= 11 is 3.25. The number of benzene rings is 1. The van der Waals surface area contributed by atoms with Gasteiger partial charge < -0.3 is 5.32 Å². The number of amidine groups is 1. The molecule has 0 atom stereocenters. The van der Waals surface area contributed by atoms with Crippen molar-refractivity contribution in [3.8, 4) is 0 Å². The minimum absolute atomic E-state index is 0.248. The van der Waals surface area contributed by atoms with Gasteiger partial charge in [0.05, 0.1) is 10.5 Å². The van der Waals surface area contributed by atoms with Gasteiger partial charge in [-0.15, -0.1) is 4.40 Å². The molecule has 9 heteroatoms. The first-order valence-electron chi connectivity index (χ1n) is 5.81. The second kappa shape index (κ2) is 5.80. The Balaban J connectivity index is 2.26. The molecule has 0 saturated carbocycles. The van der Waals surface area contributed by atoms with Crippen molar-refractivity contribution in [3.05, 3.63) is 40.5 Å². The van der Waals surface area contributed by atoms with Gasteiger partial charge in [0.25, 0.3) is 10.0 Å². The van der Waals surface area contributed by atoms with Crippen molar-refractivity contribution in [1.29, 1.82) is 0 Å². The van der Waals surface area contributed by atoms with Crippen LogP contribution >= 0.6 is 15.9 Å². The van der Waals surface area contributed by atoms with E-state index in [-0.39, 0.29) is 10.7 Å². The van der Waals surface area contributed by atoms with E-state index >= 15 is 0 Å². The summed E-state index contributed by atoms with van der Waals surface area (Å²) in [6.07, 6.45) is -1.92. The molecule has 4 nitrogen and oxygen atoms in total. The van der Waals surface area contributed by atoms with Crippen LogP contribution in [0.3, 0.4) is 0 Å². The number of rotatable bonds is 2. The zero-order valence-corrected chi connectivity index (χ0v) is 12.9. The third kappa shape index (κ3) is 4.07. The summed E-state index contributed by atoms with van der Waals surface area (Å²) in [5.41, 5.74) is -0.906. The van der Waals surface area contributed by atoms with Crippen LogP contribution in [-0.2, 0) is 16.2 Å². The predicted octanol–water partition coefficient (Wildman–Crippen LogP) is 3.41. The van der Waals surface area contributed by atoms with Crippen molar-refractivity contribution in [2.45, 2.75) is 23.9 Å². The fourth-order valence-electron chi connectivity index (χ4n) is 1.63. The molecular weight excluding hydrogens is 373 g/mol. The molecule has 0 unspecified atom stereocenters. The molecule has 2 rings (SSSR count). The summed E-state index contributed by atoms with van der Waals surface area (Å²) in [5.74, 6) is 0.248. The van der Waals surface area contributed by atoms with Gasteiger partial charge in [0.15, 0.2) is 0 Å². The second-order valence-corrected chi connectivity index (χ2v) is 6.89. The molecule has 114 valence electrons. The van der Waals surface area contributed by atoms with Crippen LogP contribution < -0.4 is 5.32 Å². The number of alkyl halides is 3. The third-order valence-corrected chi connectivity index (χ3v) is 4.66. The molecule has 1 aromatic carbocycles. The van der Waals surface area contributed by atoms with Gasteiger partial charge in [-0.1, -0.05) is 15.9 Å². The monoisotopic (exact) mass is 382 g/mol. The highest BCUT2D eigenvalue weighted by molar-refractivity contribution is 9.11. The molecule has 0 radical (unpaired) electrons. The second-order valence-electron chi connectivity index (χ2n) is 4.27. The Bertz CT molecular complexity index is 694. The fourth-order valence-corrected chi connectivity index (χ4v) is 2.96. The number of hydrogen-bond acceptors (Lipinski definition) is 2.